The third-order valence-corrected chi connectivity index (χ3v) is 12.7. The van der Waals surface area contributed by atoms with E-state index in [2.05, 4.69) is 5.32 Å². The van der Waals surface area contributed by atoms with Crippen molar-refractivity contribution >= 4 is 70.4 Å². The van der Waals surface area contributed by atoms with Crippen LogP contribution in [0.15, 0.2) is 91.0 Å². The lowest BCUT2D eigenvalue weighted by Crippen LogP contribution is -2.51. The molecule has 4 aliphatic rings. The van der Waals surface area contributed by atoms with Crippen LogP contribution in [-0.4, -0.2) is 171 Å². The van der Waals surface area contributed by atoms with Gasteiger partial charge in [-0.25, -0.2) is 4.79 Å². The van der Waals surface area contributed by atoms with Gasteiger partial charge < -0.3 is 48.6 Å². The summed E-state index contributed by atoms with van der Waals surface area (Å²) in [6.45, 7) is 14.6. The molecule has 4 heterocycles. The first-order valence-corrected chi connectivity index (χ1v) is 25.9. The number of rotatable bonds is 15. The highest BCUT2D eigenvalue weighted by molar-refractivity contribution is 6.31. The van der Waals surface area contributed by atoms with Crippen LogP contribution < -0.4 is 24.3 Å². The fourth-order valence-electron chi connectivity index (χ4n) is 7.95. The van der Waals surface area contributed by atoms with E-state index in [4.69, 9.17) is 58.5 Å². The van der Waals surface area contributed by atoms with E-state index in [1.165, 1.54) is 0 Å². The molecule has 0 bridgehead atoms. The average molecular weight is 1080 g/mol. The number of Topliss-reactive ketones (excluding diaryl/α,β-unsaturated/α-hetero) is 1. The molecule has 17 nitrogen and oxygen atoms in total. The molecule has 4 aromatic rings. The molecule has 3 fully saturated rings. The van der Waals surface area contributed by atoms with Crippen molar-refractivity contribution in [2.45, 2.75) is 52.1 Å². The van der Waals surface area contributed by atoms with Gasteiger partial charge in [0.1, 0.15) is 28.6 Å². The van der Waals surface area contributed by atoms with Crippen LogP contribution in [0.3, 0.4) is 0 Å². The Morgan fingerprint density at radius 3 is 1.39 bits per heavy atom. The summed E-state index contributed by atoms with van der Waals surface area (Å²) < 4.78 is 27.1. The maximum absolute atomic E-state index is 12.6. The maximum atomic E-state index is 12.6. The summed E-state index contributed by atoms with van der Waals surface area (Å²) in [5.74, 6) is 2.50. The van der Waals surface area contributed by atoms with Gasteiger partial charge >= 0.3 is 12.1 Å². The Morgan fingerprint density at radius 2 is 0.959 bits per heavy atom. The van der Waals surface area contributed by atoms with Crippen molar-refractivity contribution in [1.29, 1.82) is 0 Å². The highest BCUT2D eigenvalue weighted by Gasteiger charge is 2.28. The number of carbonyl (C=O) groups is 6. The molecule has 0 unspecified atom stereocenters. The van der Waals surface area contributed by atoms with Crippen molar-refractivity contribution < 1.29 is 52.5 Å². The molecule has 1 N–H and O–H groups in total. The molecule has 0 aromatic heterocycles. The van der Waals surface area contributed by atoms with E-state index in [1.54, 1.807) is 106 Å². The van der Waals surface area contributed by atoms with E-state index in [0.717, 1.165) is 37.5 Å². The molecule has 0 radical (unpaired) electrons. The van der Waals surface area contributed by atoms with Crippen molar-refractivity contribution in [2.24, 2.45) is 0 Å². The Hall–Kier alpha value is -6.11. The number of halogens is 3. The lowest BCUT2D eigenvalue weighted by atomic mass is 10.1. The molecule has 0 aliphatic carbocycles. The smallest absolute Gasteiger partial charge is 0.410 e. The Morgan fingerprint density at radius 1 is 0.554 bits per heavy atom. The second-order valence-corrected chi connectivity index (χ2v) is 20.0. The van der Waals surface area contributed by atoms with Crippen LogP contribution in [0.4, 0.5) is 4.79 Å². The Balaban J connectivity index is 0.000000187. The number of fused-ring (bicyclic) bond motifs is 1. The van der Waals surface area contributed by atoms with E-state index in [1.807, 2.05) is 30.6 Å². The summed E-state index contributed by atoms with van der Waals surface area (Å²) in [7, 11) is 0. The molecule has 4 aromatic carbocycles. The van der Waals surface area contributed by atoms with E-state index >= 15 is 0 Å². The number of benzene rings is 4. The third kappa shape index (κ3) is 19.3. The minimum atomic E-state index is -0.511. The van der Waals surface area contributed by atoms with Gasteiger partial charge in [-0.05, 0) is 99.6 Å². The van der Waals surface area contributed by atoms with Gasteiger partial charge in [0.2, 0.25) is 17.7 Å². The Labute approximate surface area is 447 Å². The van der Waals surface area contributed by atoms with Crippen molar-refractivity contribution in [1.82, 2.24) is 29.8 Å². The van der Waals surface area contributed by atoms with Crippen LogP contribution in [0.25, 0.3) is 0 Å². The standard InChI is InChI=1S/C23H23ClN2O5.C18H25ClN2O4.C13H17ClN2O2/c24-18-3-5-19(6-4-18)30-12-7-22(28)26-10-8-25(9-11-26)15-20(27)16-1-2-17-14-23(29)31-21(17)13-16;1-18(2,3)25-17(23)21-11-9-20(10-12-21)16(22)8-13-24-15-6-4-14(19)5-7-15;14-11-1-3-12(4-2-11)18-10-5-13(17)16-8-6-15-7-9-16/h1-6,13H,7-12,14-15H2;4-7H,8-13H2,1-3H3;1-4,15H,5-10H2. The van der Waals surface area contributed by atoms with Gasteiger partial charge in [-0.3, -0.25) is 28.9 Å². The van der Waals surface area contributed by atoms with Crippen LogP contribution in [0.5, 0.6) is 23.0 Å². The van der Waals surface area contributed by atoms with Crippen molar-refractivity contribution in [3.63, 3.8) is 0 Å². The average Bonchev–Trinajstić information content (AvgIpc) is 3.78. The quantitative estimate of drug-likeness (QED) is 0.0713. The number of amides is 4. The molecule has 4 aliphatic heterocycles. The number of nitrogens with one attached hydrogen (secondary N) is 1. The number of piperazine rings is 3. The lowest BCUT2D eigenvalue weighted by Gasteiger charge is -2.35. The second kappa shape index (κ2) is 28.5. The third-order valence-electron chi connectivity index (χ3n) is 12.0. The van der Waals surface area contributed by atoms with Crippen LogP contribution >= 0.6 is 34.8 Å². The highest BCUT2D eigenvalue weighted by atomic mass is 35.5. The van der Waals surface area contributed by atoms with Gasteiger partial charge in [-0.15, -0.1) is 0 Å². The minimum absolute atomic E-state index is 0.0257. The molecule has 3 saturated heterocycles. The first kappa shape index (κ1) is 57.2. The molecule has 8 rings (SSSR count). The number of hydrogen-bond acceptors (Lipinski definition) is 13. The second-order valence-electron chi connectivity index (χ2n) is 18.7. The predicted molar refractivity (Wildman–Crippen MR) is 282 cm³/mol. The zero-order chi connectivity index (χ0) is 53.0. The summed E-state index contributed by atoms with van der Waals surface area (Å²) >= 11 is 17.4. The summed E-state index contributed by atoms with van der Waals surface area (Å²) in [6.07, 6.45) is 0.947. The number of ether oxygens (including phenoxy) is 5. The number of nitrogens with zero attached hydrogens (tertiary/aromatic N) is 5. The van der Waals surface area contributed by atoms with Crippen molar-refractivity contribution in [3.05, 3.63) is 117 Å². The molecule has 0 saturated carbocycles. The zero-order valence-electron chi connectivity index (χ0n) is 42.2. The van der Waals surface area contributed by atoms with E-state index < -0.39 is 5.60 Å². The summed E-state index contributed by atoms with van der Waals surface area (Å²) in [5, 5.41) is 5.18. The molecule has 74 heavy (non-hydrogen) atoms. The maximum Gasteiger partial charge on any atom is 0.410 e. The minimum Gasteiger partial charge on any atom is -0.493 e. The van der Waals surface area contributed by atoms with Gasteiger partial charge in [0.25, 0.3) is 0 Å². The highest BCUT2D eigenvalue weighted by Crippen LogP contribution is 2.27. The Kier molecular flexibility index (Phi) is 22.0. The van der Waals surface area contributed by atoms with Crippen LogP contribution in [0.1, 0.15) is 56.0 Å². The monoisotopic (exact) mass is 1080 g/mol. The van der Waals surface area contributed by atoms with Gasteiger partial charge in [-0.2, -0.15) is 0 Å². The number of ketones is 1. The number of esters is 1. The SMILES string of the molecule is CC(C)(C)OC(=O)N1CCN(C(=O)CCOc2ccc(Cl)cc2)CC1.O=C(CCOc1ccc(Cl)cc1)N1CCNCC1.O=C1Cc2ccc(C(=O)CN3CCN(C(=O)CCOc4ccc(Cl)cc4)CC3)cc2O1. The zero-order valence-corrected chi connectivity index (χ0v) is 44.4. The molecule has 20 heteroatoms. The lowest BCUT2D eigenvalue weighted by molar-refractivity contribution is -0.134. The fraction of sp³-hybridized carbons (Fsp3) is 0.444. The van der Waals surface area contributed by atoms with Crippen molar-refractivity contribution in [3.8, 4) is 23.0 Å². The summed E-state index contributed by atoms with van der Waals surface area (Å²) in [5.41, 5.74) is 0.836. The largest absolute Gasteiger partial charge is 0.493 e. The number of carbonyl (C=O) groups excluding carboxylic acids is 6. The normalized spacial score (nSPS) is 15.6. The molecule has 398 valence electrons. The fourth-order valence-corrected chi connectivity index (χ4v) is 8.33. The molecule has 4 amide bonds. The van der Waals surface area contributed by atoms with Gasteiger partial charge in [0.05, 0.1) is 52.0 Å². The van der Waals surface area contributed by atoms with Gasteiger partial charge in [-0.1, -0.05) is 46.9 Å². The van der Waals surface area contributed by atoms with Gasteiger partial charge in [0, 0.05) is 105 Å². The van der Waals surface area contributed by atoms with E-state index in [9.17, 15) is 28.8 Å². The molecule has 0 atom stereocenters. The summed E-state index contributed by atoms with van der Waals surface area (Å²) in [6, 6.07) is 26.4. The van der Waals surface area contributed by atoms with Crippen LogP contribution in [0.2, 0.25) is 15.1 Å². The van der Waals surface area contributed by atoms with Gasteiger partial charge in [0.15, 0.2) is 5.78 Å². The summed E-state index contributed by atoms with van der Waals surface area (Å²) in [4.78, 5) is 81.6. The molecular weight excluding hydrogens is 1010 g/mol. The van der Waals surface area contributed by atoms with Crippen LogP contribution in [0, 0.1) is 0 Å². The van der Waals surface area contributed by atoms with E-state index in [-0.39, 0.29) is 48.5 Å². The number of hydrogen-bond donors (Lipinski definition) is 1. The first-order valence-electron chi connectivity index (χ1n) is 24.7. The Bertz CT molecular complexity index is 2490. The molecule has 0 spiro atoms. The van der Waals surface area contributed by atoms with Crippen LogP contribution in [-0.2, 0) is 30.3 Å². The topological polar surface area (TPSA) is 177 Å². The van der Waals surface area contributed by atoms with Crippen molar-refractivity contribution in [2.75, 3.05) is 105 Å². The predicted octanol–water partition coefficient (Wildman–Crippen LogP) is 7.33. The van der Waals surface area contributed by atoms with E-state index in [0.29, 0.717) is 129 Å². The first-order chi connectivity index (χ1) is 35.5. The molecular formula is C54H65Cl3N6O11.